The van der Waals surface area contributed by atoms with Crippen molar-refractivity contribution in [2.75, 3.05) is 45.8 Å². The van der Waals surface area contributed by atoms with Gasteiger partial charge in [-0.2, -0.15) is 0 Å². The van der Waals surface area contributed by atoms with Crippen molar-refractivity contribution < 1.29 is 17.9 Å². The van der Waals surface area contributed by atoms with Gasteiger partial charge in [-0.3, -0.25) is 0 Å². The molecule has 3 fully saturated rings. The van der Waals surface area contributed by atoms with Gasteiger partial charge in [-0.15, -0.1) is 0 Å². The van der Waals surface area contributed by atoms with E-state index in [0.29, 0.717) is 24.9 Å². The summed E-state index contributed by atoms with van der Waals surface area (Å²) in [5.41, 5.74) is 0.0776. The van der Waals surface area contributed by atoms with Crippen molar-refractivity contribution in [3.63, 3.8) is 0 Å². The summed E-state index contributed by atoms with van der Waals surface area (Å²) in [4.78, 5) is 0. The SMILES string of the molecule is CS(=O)(=O)N1C[C@H]2CCC[C@]2(COCC2CCOCC2)C1. The van der Waals surface area contributed by atoms with Gasteiger partial charge in [0, 0.05) is 38.3 Å². The first-order chi connectivity index (χ1) is 10.00. The highest BCUT2D eigenvalue weighted by molar-refractivity contribution is 7.88. The van der Waals surface area contributed by atoms with E-state index in [-0.39, 0.29) is 5.41 Å². The van der Waals surface area contributed by atoms with Crippen LogP contribution in [0.1, 0.15) is 32.1 Å². The number of nitrogens with zero attached hydrogens (tertiary/aromatic N) is 1. The van der Waals surface area contributed by atoms with Crippen LogP contribution in [0.5, 0.6) is 0 Å². The third-order valence-corrected chi connectivity index (χ3v) is 6.78. The fourth-order valence-corrected chi connectivity index (χ4v) is 5.14. The number of rotatable bonds is 5. The van der Waals surface area contributed by atoms with Gasteiger partial charge in [0.05, 0.1) is 12.9 Å². The monoisotopic (exact) mass is 317 g/mol. The number of ether oxygens (including phenoxy) is 2. The van der Waals surface area contributed by atoms with Crippen LogP contribution in [-0.4, -0.2) is 58.5 Å². The van der Waals surface area contributed by atoms with Crippen molar-refractivity contribution in [2.24, 2.45) is 17.3 Å². The minimum Gasteiger partial charge on any atom is -0.381 e. The first-order valence-corrected chi connectivity index (χ1v) is 9.95. The van der Waals surface area contributed by atoms with Crippen LogP contribution in [0.15, 0.2) is 0 Å². The highest BCUT2D eigenvalue weighted by Crippen LogP contribution is 2.49. The Morgan fingerprint density at radius 3 is 2.76 bits per heavy atom. The predicted molar refractivity (Wildman–Crippen MR) is 80.6 cm³/mol. The van der Waals surface area contributed by atoms with Gasteiger partial charge in [-0.05, 0) is 37.5 Å². The van der Waals surface area contributed by atoms with Gasteiger partial charge in [0.15, 0.2) is 0 Å². The van der Waals surface area contributed by atoms with Gasteiger partial charge < -0.3 is 9.47 Å². The second-order valence-electron chi connectivity index (χ2n) is 7.08. The average Bonchev–Trinajstić information content (AvgIpc) is 2.96. The molecule has 21 heavy (non-hydrogen) atoms. The molecule has 0 aromatic carbocycles. The van der Waals surface area contributed by atoms with E-state index in [1.54, 1.807) is 4.31 Å². The maximum Gasteiger partial charge on any atom is 0.211 e. The standard InChI is InChI=1S/C15H27NO4S/c1-21(17,18)16-9-14-3-2-6-15(14,11-16)12-20-10-13-4-7-19-8-5-13/h13-14H,2-12H2,1H3/t14-,15-/m1/s1. The first kappa shape index (κ1) is 15.7. The maximum atomic E-state index is 11.8. The van der Waals surface area contributed by atoms with Crippen molar-refractivity contribution in [1.29, 1.82) is 0 Å². The molecular formula is C15H27NO4S. The lowest BCUT2D eigenvalue weighted by Gasteiger charge is -2.30. The van der Waals surface area contributed by atoms with Gasteiger partial charge >= 0.3 is 0 Å². The molecule has 3 rings (SSSR count). The van der Waals surface area contributed by atoms with Crippen LogP contribution in [0.4, 0.5) is 0 Å². The van der Waals surface area contributed by atoms with Crippen molar-refractivity contribution in [1.82, 2.24) is 4.31 Å². The Kier molecular flexibility index (Phi) is 4.60. The molecular weight excluding hydrogens is 290 g/mol. The Bertz CT molecular complexity index is 460. The number of sulfonamides is 1. The number of hydrogen-bond acceptors (Lipinski definition) is 4. The molecule has 122 valence electrons. The zero-order valence-electron chi connectivity index (χ0n) is 12.9. The summed E-state index contributed by atoms with van der Waals surface area (Å²) < 4.78 is 36.7. The summed E-state index contributed by atoms with van der Waals surface area (Å²) >= 11 is 0. The molecule has 2 saturated heterocycles. The number of fused-ring (bicyclic) bond motifs is 1. The zero-order valence-corrected chi connectivity index (χ0v) is 13.7. The van der Waals surface area contributed by atoms with Crippen LogP contribution in [-0.2, 0) is 19.5 Å². The second-order valence-corrected chi connectivity index (χ2v) is 9.06. The molecule has 2 heterocycles. The average molecular weight is 317 g/mol. The third-order valence-electron chi connectivity index (χ3n) is 5.56. The molecule has 0 bridgehead atoms. The fraction of sp³-hybridized carbons (Fsp3) is 1.00. The molecule has 0 radical (unpaired) electrons. The third kappa shape index (κ3) is 3.44. The Morgan fingerprint density at radius 1 is 1.29 bits per heavy atom. The Labute approximate surface area is 128 Å². The Morgan fingerprint density at radius 2 is 2.05 bits per heavy atom. The van der Waals surface area contributed by atoms with Crippen molar-refractivity contribution in [3.8, 4) is 0 Å². The van der Waals surface area contributed by atoms with E-state index < -0.39 is 10.0 Å². The van der Waals surface area contributed by atoms with E-state index in [9.17, 15) is 8.42 Å². The lowest BCUT2D eigenvalue weighted by atomic mass is 9.81. The predicted octanol–water partition coefficient (Wildman–Crippen LogP) is 1.49. The Hall–Kier alpha value is -0.170. The maximum absolute atomic E-state index is 11.8. The molecule has 0 unspecified atom stereocenters. The smallest absolute Gasteiger partial charge is 0.211 e. The van der Waals surface area contributed by atoms with Crippen molar-refractivity contribution >= 4 is 10.0 Å². The summed E-state index contributed by atoms with van der Waals surface area (Å²) in [6.07, 6.45) is 6.97. The van der Waals surface area contributed by atoms with E-state index in [1.807, 2.05) is 0 Å². The summed E-state index contributed by atoms with van der Waals surface area (Å²) in [7, 11) is -3.07. The first-order valence-electron chi connectivity index (χ1n) is 8.10. The van der Waals surface area contributed by atoms with Crippen LogP contribution in [0.3, 0.4) is 0 Å². The van der Waals surface area contributed by atoms with Crippen LogP contribution < -0.4 is 0 Å². The molecule has 0 spiro atoms. The highest BCUT2D eigenvalue weighted by atomic mass is 32.2. The van der Waals surface area contributed by atoms with Gasteiger partial charge in [-0.25, -0.2) is 12.7 Å². The summed E-state index contributed by atoms with van der Waals surface area (Å²) in [5, 5.41) is 0. The van der Waals surface area contributed by atoms with Gasteiger partial charge in [0.2, 0.25) is 10.0 Å². The Balaban J connectivity index is 1.55. The van der Waals surface area contributed by atoms with Gasteiger partial charge in [0.1, 0.15) is 0 Å². The van der Waals surface area contributed by atoms with E-state index in [2.05, 4.69) is 0 Å². The minimum atomic E-state index is -3.07. The quantitative estimate of drug-likeness (QED) is 0.771. The van der Waals surface area contributed by atoms with E-state index >= 15 is 0 Å². The fourth-order valence-electron chi connectivity index (χ4n) is 4.20. The van der Waals surface area contributed by atoms with Crippen LogP contribution in [0.25, 0.3) is 0 Å². The summed E-state index contributed by atoms with van der Waals surface area (Å²) in [5.74, 6) is 1.10. The topological polar surface area (TPSA) is 55.8 Å². The molecule has 1 aliphatic carbocycles. The van der Waals surface area contributed by atoms with Crippen LogP contribution in [0, 0.1) is 17.3 Å². The molecule has 5 nitrogen and oxygen atoms in total. The molecule has 1 saturated carbocycles. The van der Waals surface area contributed by atoms with Crippen molar-refractivity contribution in [2.45, 2.75) is 32.1 Å². The van der Waals surface area contributed by atoms with Gasteiger partial charge in [-0.1, -0.05) is 6.42 Å². The second kappa shape index (κ2) is 6.14. The summed E-state index contributed by atoms with van der Waals surface area (Å²) in [6.45, 7) is 4.58. The molecule has 0 aromatic heterocycles. The molecule has 6 heteroatoms. The number of hydrogen-bond donors (Lipinski definition) is 0. The molecule has 2 atom stereocenters. The molecule has 0 amide bonds. The van der Waals surface area contributed by atoms with E-state index in [1.165, 1.54) is 12.7 Å². The van der Waals surface area contributed by atoms with Crippen LogP contribution in [0.2, 0.25) is 0 Å². The normalized spacial score (nSPS) is 35.2. The van der Waals surface area contributed by atoms with Crippen LogP contribution >= 0.6 is 0 Å². The minimum absolute atomic E-state index is 0.0776. The largest absolute Gasteiger partial charge is 0.381 e. The lowest BCUT2D eigenvalue weighted by molar-refractivity contribution is -0.0116. The van der Waals surface area contributed by atoms with E-state index in [4.69, 9.17) is 9.47 Å². The lowest BCUT2D eigenvalue weighted by Crippen LogP contribution is -2.35. The van der Waals surface area contributed by atoms with E-state index in [0.717, 1.165) is 52.1 Å². The molecule has 3 aliphatic rings. The molecule has 0 aromatic rings. The molecule has 2 aliphatic heterocycles. The van der Waals surface area contributed by atoms with Gasteiger partial charge in [0.25, 0.3) is 0 Å². The zero-order chi connectivity index (χ0) is 14.9. The highest BCUT2D eigenvalue weighted by Gasteiger charge is 2.51. The summed E-state index contributed by atoms with van der Waals surface area (Å²) in [6, 6.07) is 0. The molecule has 0 N–H and O–H groups in total. The van der Waals surface area contributed by atoms with Crippen molar-refractivity contribution in [3.05, 3.63) is 0 Å².